The first kappa shape index (κ1) is 29.2. The summed E-state index contributed by atoms with van der Waals surface area (Å²) in [7, 11) is 0. The Kier molecular flexibility index (Phi) is 8.62. The Morgan fingerprint density at radius 1 is 0.927 bits per heavy atom. The van der Waals surface area contributed by atoms with Crippen molar-refractivity contribution in [3.05, 3.63) is 84.5 Å². The SMILES string of the molecule is CCOC(=O)C1=C(C)N=c2s/c(=C/c3ccc(OC(C)=O)cc3OC(C)=O)c(=O)n2[C@H]1c1ccc(OC(C)=O)cc1. The lowest BCUT2D eigenvalue weighted by Gasteiger charge is -2.24. The Hall–Kier alpha value is -4.84. The van der Waals surface area contributed by atoms with Crippen molar-refractivity contribution in [1.82, 2.24) is 4.57 Å². The van der Waals surface area contributed by atoms with Gasteiger partial charge < -0.3 is 18.9 Å². The molecule has 0 bridgehead atoms. The summed E-state index contributed by atoms with van der Waals surface area (Å²) >= 11 is 1.09. The number of esters is 4. The normalized spacial score (nSPS) is 14.6. The maximum atomic E-state index is 13.9. The number of allylic oxidation sites excluding steroid dienone is 1. The summed E-state index contributed by atoms with van der Waals surface area (Å²) in [5, 5.41) is 0. The summed E-state index contributed by atoms with van der Waals surface area (Å²) in [4.78, 5) is 66.3. The maximum Gasteiger partial charge on any atom is 0.338 e. The van der Waals surface area contributed by atoms with Gasteiger partial charge in [-0.15, -0.1) is 0 Å². The van der Waals surface area contributed by atoms with Crippen LogP contribution in [-0.4, -0.2) is 35.1 Å². The van der Waals surface area contributed by atoms with Gasteiger partial charge in [0, 0.05) is 32.4 Å². The molecule has 0 saturated heterocycles. The van der Waals surface area contributed by atoms with Crippen molar-refractivity contribution in [2.24, 2.45) is 4.99 Å². The number of hydrogen-bond donors (Lipinski definition) is 0. The maximum absolute atomic E-state index is 13.9. The molecule has 0 aliphatic carbocycles. The molecule has 1 atom stereocenters. The molecule has 2 heterocycles. The highest BCUT2D eigenvalue weighted by Gasteiger charge is 2.33. The number of rotatable bonds is 7. The number of fused-ring (bicyclic) bond motifs is 1. The minimum absolute atomic E-state index is 0.0862. The predicted octanol–water partition coefficient (Wildman–Crippen LogP) is 2.57. The quantitative estimate of drug-likeness (QED) is 0.306. The largest absolute Gasteiger partial charge is 0.463 e. The van der Waals surface area contributed by atoms with Crippen molar-refractivity contribution >= 4 is 41.3 Å². The van der Waals surface area contributed by atoms with Gasteiger partial charge in [-0.2, -0.15) is 0 Å². The van der Waals surface area contributed by atoms with Crippen LogP contribution in [0, 0.1) is 0 Å². The summed E-state index contributed by atoms with van der Waals surface area (Å²) in [5.74, 6) is -1.69. The van der Waals surface area contributed by atoms with E-state index >= 15 is 0 Å². The van der Waals surface area contributed by atoms with E-state index in [2.05, 4.69) is 4.99 Å². The van der Waals surface area contributed by atoms with Gasteiger partial charge in [-0.05, 0) is 49.8 Å². The van der Waals surface area contributed by atoms with Gasteiger partial charge in [-0.3, -0.25) is 23.7 Å². The number of hydrogen-bond acceptors (Lipinski definition) is 11. The first-order valence-corrected chi connectivity index (χ1v) is 13.3. The van der Waals surface area contributed by atoms with Gasteiger partial charge in [0.15, 0.2) is 4.80 Å². The number of carbonyl (C=O) groups excluding carboxylic acids is 4. The van der Waals surface area contributed by atoms with E-state index in [1.165, 1.54) is 43.5 Å². The van der Waals surface area contributed by atoms with Crippen molar-refractivity contribution in [3.63, 3.8) is 0 Å². The zero-order valence-electron chi connectivity index (χ0n) is 22.9. The van der Waals surface area contributed by atoms with Crippen LogP contribution < -0.4 is 29.1 Å². The third-order valence-electron chi connectivity index (χ3n) is 5.76. The molecule has 1 aliphatic rings. The second-order valence-corrected chi connectivity index (χ2v) is 9.86. The van der Waals surface area contributed by atoms with Crippen LogP contribution in [0.4, 0.5) is 0 Å². The van der Waals surface area contributed by atoms with Gasteiger partial charge >= 0.3 is 23.9 Å². The molecule has 1 aliphatic heterocycles. The number of thiazole rings is 1. The molecular formula is C29H26N2O9S. The van der Waals surface area contributed by atoms with Gasteiger partial charge in [-0.25, -0.2) is 9.79 Å². The zero-order valence-corrected chi connectivity index (χ0v) is 23.7. The molecule has 0 amide bonds. The Balaban J connectivity index is 1.90. The number of ether oxygens (including phenoxy) is 4. The van der Waals surface area contributed by atoms with E-state index < -0.39 is 35.5 Å². The molecule has 0 N–H and O–H groups in total. The Labute approximate surface area is 237 Å². The lowest BCUT2D eigenvalue weighted by molar-refractivity contribution is -0.139. The summed E-state index contributed by atoms with van der Waals surface area (Å²) < 4.78 is 22.5. The van der Waals surface area contributed by atoms with Gasteiger partial charge in [0.25, 0.3) is 5.56 Å². The highest BCUT2D eigenvalue weighted by molar-refractivity contribution is 7.07. The highest BCUT2D eigenvalue weighted by atomic mass is 32.1. The van der Waals surface area contributed by atoms with E-state index in [0.717, 1.165) is 11.3 Å². The van der Waals surface area contributed by atoms with E-state index in [0.29, 0.717) is 27.4 Å². The molecule has 41 heavy (non-hydrogen) atoms. The first-order valence-electron chi connectivity index (χ1n) is 12.5. The highest BCUT2D eigenvalue weighted by Crippen LogP contribution is 2.32. The third-order valence-corrected chi connectivity index (χ3v) is 6.74. The van der Waals surface area contributed by atoms with E-state index in [-0.39, 0.29) is 28.2 Å². The molecule has 11 nitrogen and oxygen atoms in total. The van der Waals surface area contributed by atoms with Crippen molar-refractivity contribution in [2.45, 2.75) is 40.7 Å². The fourth-order valence-electron chi connectivity index (χ4n) is 4.24. The van der Waals surface area contributed by atoms with Crippen LogP contribution in [-0.2, 0) is 23.9 Å². The van der Waals surface area contributed by atoms with Crippen LogP contribution >= 0.6 is 11.3 Å². The Morgan fingerprint density at radius 2 is 1.54 bits per heavy atom. The summed E-state index contributed by atoms with van der Waals surface area (Å²) in [6.07, 6.45) is 1.53. The molecule has 1 aromatic heterocycles. The van der Waals surface area contributed by atoms with Gasteiger partial charge in [-0.1, -0.05) is 23.5 Å². The second kappa shape index (κ2) is 12.1. The molecule has 2 aromatic carbocycles. The van der Waals surface area contributed by atoms with Crippen LogP contribution in [0.25, 0.3) is 6.08 Å². The average Bonchev–Trinajstić information content (AvgIpc) is 3.18. The molecule has 212 valence electrons. The average molecular weight is 579 g/mol. The first-order chi connectivity index (χ1) is 19.5. The molecule has 4 rings (SSSR count). The second-order valence-electron chi connectivity index (χ2n) is 8.85. The summed E-state index contributed by atoms with van der Waals surface area (Å²) in [6.45, 7) is 7.22. The van der Waals surface area contributed by atoms with Crippen LogP contribution in [0.5, 0.6) is 17.2 Å². The molecule has 0 radical (unpaired) electrons. The molecular weight excluding hydrogens is 552 g/mol. The Morgan fingerprint density at radius 3 is 2.15 bits per heavy atom. The van der Waals surface area contributed by atoms with Crippen LogP contribution in [0.3, 0.4) is 0 Å². The zero-order chi connectivity index (χ0) is 29.8. The molecule has 12 heteroatoms. The van der Waals surface area contributed by atoms with Crippen molar-refractivity contribution < 1.29 is 38.1 Å². The minimum Gasteiger partial charge on any atom is -0.463 e. The molecule has 0 spiro atoms. The number of aromatic nitrogens is 1. The monoisotopic (exact) mass is 578 g/mol. The number of nitrogens with zero attached hydrogens (tertiary/aromatic N) is 2. The van der Waals surface area contributed by atoms with Crippen molar-refractivity contribution in [3.8, 4) is 17.2 Å². The summed E-state index contributed by atoms with van der Waals surface area (Å²) in [6, 6.07) is 10.0. The van der Waals surface area contributed by atoms with Crippen LogP contribution in [0.2, 0.25) is 0 Å². The van der Waals surface area contributed by atoms with E-state index in [9.17, 15) is 24.0 Å². The Bertz CT molecular complexity index is 1760. The van der Waals surface area contributed by atoms with E-state index in [1.807, 2.05) is 0 Å². The van der Waals surface area contributed by atoms with Gasteiger partial charge in [0.05, 0.1) is 28.5 Å². The van der Waals surface area contributed by atoms with Crippen LogP contribution in [0.1, 0.15) is 51.8 Å². The van der Waals surface area contributed by atoms with Crippen molar-refractivity contribution in [1.29, 1.82) is 0 Å². The van der Waals surface area contributed by atoms with Crippen molar-refractivity contribution in [2.75, 3.05) is 6.61 Å². The van der Waals surface area contributed by atoms with Crippen LogP contribution in [0.15, 0.2) is 63.5 Å². The van der Waals surface area contributed by atoms with E-state index in [1.54, 1.807) is 44.2 Å². The third kappa shape index (κ3) is 6.49. The number of benzene rings is 2. The smallest absolute Gasteiger partial charge is 0.338 e. The lowest BCUT2D eigenvalue weighted by atomic mass is 9.96. The molecule has 0 saturated carbocycles. The number of carbonyl (C=O) groups is 4. The summed E-state index contributed by atoms with van der Waals surface area (Å²) in [5.41, 5.74) is 1.08. The molecule has 0 fully saturated rings. The molecule has 0 unspecified atom stereocenters. The van der Waals surface area contributed by atoms with E-state index in [4.69, 9.17) is 18.9 Å². The molecule has 3 aromatic rings. The lowest BCUT2D eigenvalue weighted by Crippen LogP contribution is -2.39. The van der Waals surface area contributed by atoms with Gasteiger partial charge in [0.1, 0.15) is 17.2 Å². The van der Waals surface area contributed by atoms with Gasteiger partial charge in [0.2, 0.25) is 0 Å². The predicted molar refractivity (Wildman–Crippen MR) is 147 cm³/mol. The topological polar surface area (TPSA) is 140 Å². The fraction of sp³-hybridized carbons (Fsp3) is 0.241. The minimum atomic E-state index is -0.877. The standard InChI is InChI=1S/C29H26N2O9S/c1-6-37-28(36)25-15(2)30-29-31(26(25)19-7-10-21(11-8-19)38-16(3)32)27(35)24(41-29)13-20-9-12-22(39-17(4)33)14-23(20)40-18(5)34/h7-14,26H,6H2,1-5H3/b24-13+/t26-/m0/s1. The fourth-order valence-corrected chi connectivity index (χ4v) is 5.28.